The zero-order valence-electron chi connectivity index (χ0n) is 19.7. The molecule has 34 heavy (non-hydrogen) atoms. The molecule has 3 aromatic rings. The third kappa shape index (κ3) is 4.34. The summed E-state index contributed by atoms with van der Waals surface area (Å²) in [6.07, 6.45) is 4.33. The molecule has 0 aliphatic carbocycles. The first kappa shape index (κ1) is 22.7. The average Bonchev–Trinajstić information content (AvgIpc) is 3.35. The van der Waals surface area contributed by atoms with Crippen molar-refractivity contribution in [3.8, 4) is 11.5 Å². The van der Waals surface area contributed by atoms with E-state index in [4.69, 9.17) is 14.0 Å². The van der Waals surface area contributed by atoms with Crippen LogP contribution in [-0.4, -0.2) is 47.8 Å². The standard InChI is InChI=1S/C26H30FN3O4/c1-15(14-33-23-9-5-19(28-16(2)31)13-25(23)32-3)30-20-6-7-21(30)11-17(10-20)26-22-8-4-18(27)12-24(22)34-29-26/h4-5,8-9,12-13,15,17,20-21H,6-7,10-11,14H2,1-3H3,(H,28,31). The van der Waals surface area contributed by atoms with Crippen molar-refractivity contribution in [3.05, 3.63) is 47.9 Å². The van der Waals surface area contributed by atoms with Crippen LogP contribution >= 0.6 is 0 Å². The Hall–Kier alpha value is -3.13. The number of aromatic nitrogens is 1. The highest BCUT2D eigenvalue weighted by molar-refractivity contribution is 5.89. The highest BCUT2D eigenvalue weighted by atomic mass is 19.1. The van der Waals surface area contributed by atoms with Crippen LogP contribution in [0.4, 0.5) is 10.1 Å². The molecule has 5 rings (SSSR count). The first-order valence-electron chi connectivity index (χ1n) is 11.8. The molecule has 2 aliphatic rings. The fourth-order valence-corrected chi connectivity index (χ4v) is 5.75. The van der Waals surface area contributed by atoms with Crippen LogP contribution < -0.4 is 14.8 Å². The Bertz CT molecular complexity index is 1180. The number of rotatable bonds is 7. The lowest BCUT2D eigenvalue weighted by atomic mass is 9.86. The highest BCUT2D eigenvalue weighted by Gasteiger charge is 2.44. The summed E-state index contributed by atoms with van der Waals surface area (Å²) in [4.78, 5) is 13.9. The van der Waals surface area contributed by atoms with Crippen LogP contribution in [0.2, 0.25) is 0 Å². The third-order valence-corrected chi connectivity index (χ3v) is 7.11. The molecule has 2 bridgehead atoms. The van der Waals surface area contributed by atoms with Gasteiger partial charge in [0, 0.05) is 54.2 Å². The molecule has 3 atom stereocenters. The van der Waals surface area contributed by atoms with Gasteiger partial charge < -0.3 is 19.3 Å². The minimum absolute atomic E-state index is 0.131. The minimum Gasteiger partial charge on any atom is -0.493 e. The Morgan fingerprint density at radius 2 is 1.97 bits per heavy atom. The number of piperidine rings is 1. The number of hydrogen-bond acceptors (Lipinski definition) is 6. The van der Waals surface area contributed by atoms with E-state index in [1.807, 2.05) is 12.1 Å². The maximum atomic E-state index is 13.5. The summed E-state index contributed by atoms with van der Waals surface area (Å²) in [5.41, 5.74) is 2.15. The molecule has 1 N–H and O–H groups in total. The molecule has 0 radical (unpaired) electrons. The van der Waals surface area contributed by atoms with Gasteiger partial charge in [0.25, 0.3) is 0 Å². The monoisotopic (exact) mass is 467 g/mol. The molecule has 2 saturated heterocycles. The summed E-state index contributed by atoms with van der Waals surface area (Å²) < 4.78 is 30.6. The van der Waals surface area contributed by atoms with Crippen LogP contribution in [0.3, 0.4) is 0 Å². The van der Waals surface area contributed by atoms with Gasteiger partial charge >= 0.3 is 0 Å². The molecule has 7 nitrogen and oxygen atoms in total. The number of carbonyl (C=O) groups excluding carboxylic acids is 1. The second-order valence-corrected chi connectivity index (χ2v) is 9.42. The number of ether oxygens (including phenoxy) is 2. The predicted octanol–water partition coefficient (Wildman–Crippen LogP) is 5.11. The Kier molecular flexibility index (Phi) is 6.16. The number of fused-ring (bicyclic) bond motifs is 3. The third-order valence-electron chi connectivity index (χ3n) is 7.11. The maximum absolute atomic E-state index is 13.5. The summed E-state index contributed by atoms with van der Waals surface area (Å²) in [5, 5.41) is 8.00. The van der Waals surface area contributed by atoms with Gasteiger partial charge in [-0.25, -0.2) is 4.39 Å². The fraction of sp³-hybridized carbons (Fsp3) is 0.462. The molecule has 180 valence electrons. The van der Waals surface area contributed by atoms with Crippen molar-refractivity contribution in [2.45, 2.75) is 63.6 Å². The van der Waals surface area contributed by atoms with Crippen LogP contribution in [0.25, 0.3) is 11.0 Å². The van der Waals surface area contributed by atoms with Crippen molar-refractivity contribution in [2.75, 3.05) is 19.0 Å². The second kappa shape index (κ2) is 9.25. The molecular weight excluding hydrogens is 437 g/mol. The predicted molar refractivity (Wildman–Crippen MR) is 127 cm³/mol. The molecule has 2 aromatic carbocycles. The van der Waals surface area contributed by atoms with Gasteiger partial charge in [-0.15, -0.1) is 0 Å². The van der Waals surface area contributed by atoms with E-state index in [9.17, 15) is 9.18 Å². The second-order valence-electron chi connectivity index (χ2n) is 9.42. The minimum atomic E-state index is -0.305. The number of carbonyl (C=O) groups is 1. The van der Waals surface area contributed by atoms with Crippen molar-refractivity contribution in [1.82, 2.24) is 10.1 Å². The molecule has 3 unspecified atom stereocenters. The zero-order valence-corrected chi connectivity index (χ0v) is 19.7. The molecule has 1 amide bonds. The first-order chi connectivity index (χ1) is 16.4. The smallest absolute Gasteiger partial charge is 0.221 e. The quantitative estimate of drug-likeness (QED) is 0.520. The summed E-state index contributed by atoms with van der Waals surface area (Å²) in [7, 11) is 1.59. The van der Waals surface area contributed by atoms with Crippen LogP contribution in [0.1, 0.15) is 51.1 Å². The van der Waals surface area contributed by atoms with Crippen LogP contribution in [0.5, 0.6) is 11.5 Å². The number of methoxy groups -OCH3 is 1. The van der Waals surface area contributed by atoms with E-state index in [-0.39, 0.29) is 17.8 Å². The summed E-state index contributed by atoms with van der Waals surface area (Å²) >= 11 is 0. The number of amides is 1. The molecule has 8 heteroatoms. The van der Waals surface area contributed by atoms with Crippen molar-refractivity contribution in [1.29, 1.82) is 0 Å². The van der Waals surface area contributed by atoms with Crippen LogP contribution in [-0.2, 0) is 4.79 Å². The summed E-state index contributed by atoms with van der Waals surface area (Å²) in [6.45, 7) is 4.22. The van der Waals surface area contributed by atoms with E-state index < -0.39 is 0 Å². The molecule has 1 aromatic heterocycles. The lowest BCUT2D eigenvalue weighted by molar-refractivity contribution is -0.114. The first-order valence-corrected chi connectivity index (χ1v) is 11.8. The Morgan fingerprint density at radius 3 is 2.68 bits per heavy atom. The Labute approximate surface area is 198 Å². The van der Waals surface area contributed by atoms with E-state index in [0.717, 1.165) is 36.8 Å². The number of halogens is 1. The molecule has 2 fully saturated rings. The Morgan fingerprint density at radius 1 is 1.21 bits per heavy atom. The number of benzene rings is 2. The number of anilines is 1. The summed E-state index contributed by atoms with van der Waals surface area (Å²) in [6, 6.07) is 11.2. The molecule has 0 saturated carbocycles. The van der Waals surface area contributed by atoms with Crippen molar-refractivity contribution >= 4 is 22.6 Å². The van der Waals surface area contributed by atoms with Gasteiger partial charge in [-0.3, -0.25) is 9.69 Å². The van der Waals surface area contributed by atoms with E-state index in [0.29, 0.717) is 47.4 Å². The van der Waals surface area contributed by atoms with Gasteiger partial charge in [0.05, 0.1) is 12.8 Å². The van der Waals surface area contributed by atoms with Crippen LogP contribution in [0.15, 0.2) is 40.9 Å². The normalized spacial score (nSPS) is 23.1. The maximum Gasteiger partial charge on any atom is 0.221 e. The highest BCUT2D eigenvalue weighted by Crippen LogP contribution is 2.45. The average molecular weight is 468 g/mol. The van der Waals surface area contributed by atoms with Gasteiger partial charge in [-0.05, 0) is 56.9 Å². The zero-order chi connectivity index (χ0) is 23.8. The molecule has 2 aliphatic heterocycles. The van der Waals surface area contributed by atoms with Crippen molar-refractivity contribution < 1.29 is 23.2 Å². The van der Waals surface area contributed by atoms with Gasteiger partial charge in [0.15, 0.2) is 17.1 Å². The van der Waals surface area contributed by atoms with E-state index in [1.54, 1.807) is 19.2 Å². The van der Waals surface area contributed by atoms with Gasteiger partial charge in [-0.2, -0.15) is 0 Å². The molecule has 0 spiro atoms. The largest absolute Gasteiger partial charge is 0.493 e. The number of hydrogen-bond donors (Lipinski definition) is 1. The van der Waals surface area contributed by atoms with Crippen molar-refractivity contribution in [2.24, 2.45) is 0 Å². The topological polar surface area (TPSA) is 76.8 Å². The van der Waals surface area contributed by atoms with Gasteiger partial charge in [0.2, 0.25) is 5.91 Å². The van der Waals surface area contributed by atoms with E-state index in [2.05, 4.69) is 22.3 Å². The summed E-state index contributed by atoms with van der Waals surface area (Å²) in [5.74, 6) is 1.13. The fourth-order valence-electron chi connectivity index (χ4n) is 5.75. The number of nitrogens with zero attached hydrogens (tertiary/aromatic N) is 2. The lowest BCUT2D eigenvalue weighted by Gasteiger charge is -2.42. The van der Waals surface area contributed by atoms with Crippen molar-refractivity contribution in [3.63, 3.8) is 0 Å². The molecule has 3 heterocycles. The lowest BCUT2D eigenvalue weighted by Crippen LogP contribution is -2.49. The number of nitrogens with one attached hydrogen (secondary N) is 1. The van der Waals surface area contributed by atoms with E-state index >= 15 is 0 Å². The van der Waals surface area contributed by atoms with Crippen LogP contribution in [0, 0.1) is 5.82 Å². The van der Waals surface area contributed by atoms with Gasteiger partial charge in [-0.1, -0.05) is 5.16 Å². The van der Waals surface area contributed by atoms with Gasteiger partial charge in [0.1, 0.15) is 12.4 Å². The van der Waals surface area contributed by atoms with E-state index in [1.165, 1.54) is 19.1 Å². The molecular formula is C26H30FN3O4. The SMILES string of the molecule is COc1cc(NC(C)=O)ccc1OCC(C)N1C2CCC1CC(c1noc3cc(F)ccc13)C2. The Balaban J connectivity index is 1.25.